The van der Waals surface area contributed by atoms with Gasteiger partial charge in [-0.1, -0.05) is 12.1 Å². The fraction of sp³-hybridized carbons (Fsp3) is 0.462. The Kier molecular flexibility index (Phi) is 2.73. The van der Waals surface area contributed by atoms with Crippen molar-refractivity contribution in [1.29, 1.82) is 0 Å². The number of carbonyl (C=O) groups is 1. The Morgan fingerprint density at radius 1 is 1.47 bits per heavy atom. The zero-order valence-corrected chi connectivity index (χ0v) is 9.66. The molecule has 2 aliphatic rings. The quantitative estimate of drug-likeness (QED) is 0.796. The number of amides is 1. The van der Waals surface area contributed by atoms with Crippen molar-refractivity contribution in [2.24, 2.45) is 5.92 Å². The molecule has 2 N–H and O–H groups in total. The smallest absolute Gasteiger partial charge is 0.225 e. The first-order valence-corrected chi connectivity index (χ1v) is 6.06. The number of nitrogens with one attached hydrogen (secondary N) is 2. The lowest BCUT2D eigenvalue weighted by molar-refractivity contribution is -0.126. The summed E-state index contributed by atoms with van der Waals surface area (Å²) in [5.41, 5.74) is 2.40. The lowest BCUT2D eigenvalue weighted by Crippen LogP contribution is -2.50. The second-order valence-corrected chi connectivity index (χ2v) is 4.61. The zero-order valence-electron chi connectivity index (χ0n) is 9.66. The van der Waals surface area contributed by atoms with E-state index in [2.05, 4.69) is 16.7 Å². The normalized spacial score (nSPS) is 18.1. The lowest BCUT2D eigenvalue weighted by atomic mass is 10.0. The van der Waals surface area contributed by atoms with E-state index in [4.69, 9.17) is 4.74 Å². The predicted octanol–water partition coefficient (Wildman–Crippen LogP) is 0.457. The third kappa shape index (κ3) is 2.13. The maximum atomic E-state index is 11.7. The Bertz CT molecular complexity index is 441. The summed E-state index contributed by atoms with van der Waals surface area (Å²) in [6.07, 6.45) is 0.976. The molecule has 0 spiro atoms. The number of carbonyl (C=O) groups excluding carboxylic acids is 1. The van der Waals surface area contributed by atoms with E-state index in [9.17, 15) is 4.79 Å². The van der Waals surface area contributed by atoms with Crippen LogP contribution < -0.4 is 15.4 Å². The summed E-state index contributed by atoms with van der Waals surface area (Å²) in [6.45, 7) is 3.01. The van der Waals surface area contributed by atoms with Gasteiger partial charge in [0.25, 0.3) is 0 Å². The first kappa shape index (κ1) is 10.6. The van der Waals surface area contributed by atoms with Gasteiger partial charge in [0.05, 0.1) is 12.5 Å². The van der Waals surface area contributed by atoms with Crippen LogP contribution in [0.15, 0.2) is 18.2 Å². The van der Waals surface area contributed by atoms with Crippen molar-refractivity contribution in [3.8, 4) is 5.75 Å². The third-order valence-corrected chi connectivity index (χ3v) is 3.37. The van der Waals surface area contributed by atoms with E-state index < -0.39 is 0 Å². The summed E-state index contributed by atoms with van der Waals surface area (Å²) >= 11 is 0. The first-order valence-electron chi connectivity index (χ1n) is 6.06. The van der Waals surface area contributed by atoms with E-state index in [1.165, 1.54) is 5.56 Å². The average molecular weight is 232 g/mol. The molecule has 1 aromatic carbocycles. The second-order valence-electron chi connectivity index (χ2n) is 4.61. The van der Waals surface area contributed by atoms with Crippen LogP contribution in [0.3, 0.4) is 0 Å². The molecule has 3 rings (SSSR count). The molecule has 0 aliphatic carbocycles. The summed E-state index contributed by atoms with van der Waals surface area (Å²) in [7, 11) is 0. The Labute approximate surface area is 100 Å². The number of hydrogen-bond acceptors (Lipinski definition) is 3. The van der Waals surface area contributed by atoms with Crippen LogP contribution in [0.4, 0.5) is 0 Å². The van der Waals surface area contributed by atoms with Crippen LogP contribution in [0.1, 0.15) is 11.1 Å². The topological polar surface area (TPSA) is 50.4 Å². The highest BCUT2D eigenvalue weighted by molar-refractivity contribution is 5.80. The molecular weight excluding hydrogens is 216 g/mol. The Morgan fingerprint density at radius 3 is 3.12 bits per heavy atom. The van der Waals surface area contributed by atoms with Crippen molar-refractivity contribution in [2.45, 2.75) is 13.0 Å². The van der Waals surface area contributed by atoms with Gasteiger partial charge in [-0.2, -0.15) is 0 Å². The van der Waals surface area contributed by atoms with E-state index in [1.807, 2.05) is 12.1 Å². The summed E-state index contributed by atoms with van der Waals surface area (Å²) < 4.78 is 5.45. The molecule has 0 atom stereocenters. The van der Waals surface area contributed by atoms with Crippen LogP contribution in [0.2, 0.25) is 0 Å². The number of ether oxygens (including phenoxy) is 1. The van der Waals surface area contributed by atoms with Crippen LogP contribution in [0.25, 0.3) is 0 Å². The zero-order chi connectivity index (χ0) is 11.7. The van der Waals surface area contributed by atoms with E-state index >= 15 is 0 Å². The molecule has 17 heavy (non-hydrogen) atoms. The van der Waals surface area contributed by atoms with Crippen molar-refractivity contribution in [3.63, 3.8) is 0 Å². The van der Waals surface area contributed by atoms with Crippen LogP contribution >= 0.6 is 0 Å². The van der Waals surface area contributed by atoms with Crippen LogP contribution in [-0.4, -0.2) is 25.6 Å². The van der Waals surface area contributed by atoms with Crippen molar-refractivity contribution >= 4 is 5.91 Å². The molecule has 4 nitrogen and oxygen atoms in total. The van der Waals surface area contributed by atoms with Gasteiger partial charge in [0.15, 0.2) is 0 Å². The highest BCUT2D eigenvalue weighted by atomic mass is 16.5. The van der Waals surface area contributed by atoms with Crippen LogP contribution in [0.5, 0.6) is 5.75 Å². The van der Waals surface area contributed by atoms with Gasteiger partial charge >= 0.3 is 0 Å². The maximum Gasteiger partial charge on any atom is 0.225 e. The molecule has 1 aromatic rings. The molecular formula is C13H16N2O2. The third-order valence-electron chi connectivity index (χ3n) is 3.37. The molecule has 0 aromatic heterocycles. The standard InChI is InChI=1S/C13H16N2O2/c16-13(11-7-14-8-11)15-6-9-1-2-12-10(5-9)3-4-17-12/h1-2,5,11,14H,3-4,6-8H2,(H,15,16). The molecule has 0 saturated carbocycles. The second kappa shape index (κ2) is 4.37. The average Bonchev–Trinajstić information content (AvgIpc) is 2.71. The van der Waals surface area contributed by atoms with Crippen LogP contribution in [0, 0.1) is 5.92 Å². The van der Waals surface area contributed by atoms with Gasteiger partial charge in [-0.3, -0.25) is 4.79 Å². The fourth-order valence-corrected chi connectivity index (χ4v) is 2.16. The number of hydrogen-bond donors (Lipinski definition) is 2. The molecule has 4 heteroatoms. The van der Waals surface area contributed by atoms with E-state index in [-0.39, 0.29) is 11.8 Å². The van der Waals surface area contributed by atoms with Gasteiger partial charge in [0.1, 0.15) is 5.75 Å². The van der Waals surface area contributed by atoms with Gasteiger partial charge in [-0.25, -0.2) is 0 Å². The van der Waals surface area contributed by atoms with Gasteiger partial charge in [-0.05, 0) is 17.2 Å². The minimum Gasteiger partial charge on any atom is -0.493 e. The molecule has 90 valence electrons. The molecule has 1 saturated heterocycles. The largest absolute Gasteiger partial charge is 0.493 e. The number of benzene rings is 1. The summed E-state index contributed by atoms with van der Waals surface area (Å²) in [4.78, 5) is 11.7. The highest BCUT2D eigenvalue weighted by Crippen LogP contribution is 2.25. The van der Waals surface area contributed by atoms with E-state index in [0.29, 0.717) is 6.54 Å². The minimum atomic E-state index is 0.153. The molecule has 1 fully saturated rings. The van der Waals surface area contributed by atoms with Crippen molar-refractivity contribution in [3.05, 3.63) is 29.3 Å². The van der Waals surface area contributed by atoms with Crippen molar-refractivity contribution in [1.82, 2.24) is 10.6 Å². The molecule has 1 amide bonds. The fourth-order valence-electron chi connectivity index (χ4n) is 2.16. The predicted molar refractivity (Wildman–Crippen MR) is 63.8 cm³/mol. The molecule has 0 radical (unpaired) electrons. The highest BCUT2D eigenvalue weighted by Gasteiger charge is 2.24. The van der Waals surface area contributed by atoms with E-state index in [1.54, 1.807) is 0 Å². The van der Waals surface area contributed by atoms with Crippen molar-refractivity contribution < 1.29 is 9.53 Å². The van der Waals surface area contributed by atoms with Gasteiger partial charge in [0.2, 0.25) is 5.91 Å². The summed E-state index contributed by atoms with van der Waals surface area (Å²) in [5.74, 6) is 1.30. The molecule has 2 heterocycles. The summed E-state index contributed by atoms with van der Waals surface area (Å²) in [5, 5.41) is 6.07. The number of rotatable bonds is 3. The number of fused-ring (bicyclic) bond motifs is 1. The van der Waals surface area contributed by atoms with Gasteiger partial charge in [0, 0.05) is 26.1 Å². The van der Waals surface area contributed by atoms with Crippen LogP contribution in [-0.2, 0) is 17.8 Å². The van der Waals surface area contributed by atoms with Crippen molar-refractivity contribution in [2.75, 3.05) is 19.7 Å². The molecule has 0 bridgehead atoms. The minimum absolute atomic E-state index is 0.153. The molecule has 2 aliphatic heterocycles. The molecule has 0 unspecified atom stereocenters. The van der Waals surface area contributed by atoms with Gasteiger partial charge in [-0.15, -0.1) is 0 Å². The van der Waals surface area contributed by atoms with E-state index in [0.717, 1.165) is 37.4 Å². The Balaban J connectivity index is 1.59. The first-order chi connectivity index (χ1) is 8.33. The Hall–Kier alpha value is -1.55. The SMILES string of the molecule is O=C(NCc1ccc2c(c1)CCO2)C1CNC1. The lowest BCUT2D eigenvalue weighted by Gasteiger charge is -2.25. The summed E-state index contributed by atoms with van der Waals surface area (Å²) in [6, 6.07) is 6.14. The van der Waals surface area contributed by atoms with Gasteiger partial charge < -0.3 is 15.4 Å². The Morgan fingerprint density at radius 2 is 2.35 bits per heavy atom. The monoisotopic (exact) mass is 232 g/mol. The maximum absolute atomic E-state index is 11.7.